The SMILES string of the molecule is COc1cc(C=C2C(=O)NC(=S)N(C)C2=O)ccc1O. The number of hydrogen-bond donors (Lipinski definition) is 2. The molecule has 1 aromatic carbocycles. The van der Waals surface area contributed by atoms with Crippen molar-refractivity contribution in [3.05, 3.63) is 29.3 Å². The maximum absolute atomic E-state index is 12.0. The van der Waals surface area contributed by atoms with E-state index in [-0.39, 0.29) is 22.2 Å². The van der Waals surface area contributed by atoms with E-state index >= 15 is 0 Å². The Kier molecular flexibility index (Phi) is 3.71. The summed E-state index contributed by atoms with van der Waals surface area (Å²) in [6.45, 7) is 0. The Labute approximate surface area is 120 Å². The van der Waals surface area contributed by atoms with Crippen molar-refractivity contribution in [1.82, 2.24) is 10.2 Å². The zero-order valence-electron chi connectivity index (χ0n) is 10.8. The third-order valence-electron chi connectivity index (χ3n) is 2.82. The molecule has 0 spiro atoms. The van der Waals surface area contributed by atoms with Crippen molar-refractivity contribution >= 4 is 35.2 Å². The van der Waals surface area contributed by atoms with Crippen LogP contribution in [0.4, 0.5) is 0 Å². The van der Waals surface area contributed by atoms with Crippen LogP contribution >= 0.6 is 12.2 Å². The molecule has 0 saturated carbocycles. The first-order valence-electron chi connectivity index (χ1n) is 5.66. The highest BCUT2D eigenvalue weighted by Crippen LogP contribution is 2.27. The first-order valence-corrected chi connectivity index (χ1v) is 6.07. The molecular formula is C13H12N2O4S. The van der Waals surface area contributed by atoms with Crippen molar-refractivity contribution in [2.24, 2.45) is 0 Å². The number of rotatable bonds is 2. The van der Waals surface area contributed by atoms with Gasteiger partial charge in [0.2, 0.25) is 0 Å². The molecule has 104 valence electrons. The lowest BCUT2D eigenvalue weighted by Crippen LogP contribution is -2.52. The molecule has 1 aliphatic rings. The zero-order chi connectivity index (χ0) is 14.9. The molecule has 0 aliphatic carbocycles. The van der Waals surface area contributed by atoms with E-state index < -0.39 is 11.8 Å². The van der Waals surface area contributed by atoms with Crippen LogP contribution in [0.5, 0.6) is 11.5 Å². The number of carbonyl (C=O) groups excluding carboxylic acids is 2. The number of hydrogen-bond acceptors (Lipinski definition) is 5. The third kappa shape index (κ3) is 2.48. The van der Waals surface area contributed by atoms with Crippen molar-refractivity contribution in [3.8, 4) is 11.5 Å². The molecule has 0 bridgehead atoms. The van der Waals surface area contributed by atoms with E-state index in [1.54, 1.807) is 6.07 Å². The van der Waals surface area contributed by atoms with Gasteiger partial charge in [-0.05, 0) is 36.0 Å². The van der Waals surface area contributed by atoms with Crippen LogP contribution in [0, 0.1) is 0 Å². The van der Waals surface area contributed by atoms with E-state index in [1.165, 1.54) is 37.3 Å². The van der Waals surface area contributed by atoms with Gasteiger partial charge >= 0.3 is 0 Å². The lowest BCUT2D eigenvalue weighted by molar-refractivity contribution is -0.128. The van der Waals surface area contributed by atoms with Gasteiger partial charge in [0.15, 0.2) is 16.6 Å². The van der Waals surface area contributed by atoms with Crippen molar-refractivity contribution in [1.29, 1.82) is 0 Å². The summed E-state index contributed by atoms with van der Waals surface area (Å²) in [5, 5.41) is 12.0. The van der Waals surface area contributed by atoms with Crippen LogP contribution in [0.2, 0.25) is 0 Å². The van der Waals surface area contributed by atoms with Crippen molar-refractivity contribution in [2.75, 3.05) is 14.2 Å². The minimum Gasteiger partial charge on any atom is -0.504 e. The third-order valence-corrected chi connectivity index (χ3v) is 3.20. The standard InChI is InChI=1S/C13H12N2O4S/c1-15-12(18)8(11(17)14-13(15)20)5-7-3-4-9(16)10(6-7)19-2/h3-6,16H,1-2H3,(H,14,17,20). The number of thiocarbonyl (C=S) groups is 1. The fourth-order valence-electron chi connectivity index (χ4n) is 1.70. The van der Waals surface area contributed by atoms with Gasteiger partial charge in [-0.25, -0.2) is 0 Å². The monoisotopic (exact) mass is 292 g/mol. The molecule has 0 unspecified atom stereocenters. The highest BCUT2D eigenvalue weighted by atomic mass is 32.1. The molecule has 20 heavy (non-hydrogen) atoms. The summed E-state index contributed by atoms with van der Waals surface area (Å²) in [6, 6.07) is 4.51. The van der Waals surface area contributed by atoms with Gasteiger partial charge in [-0.3, -0.25) is 19.8 Å². The number of nitrogens with zero attached hydrogens (tertiary/aromatic N) is 1. The number of nitrogens with one attached hydrogen (secondary N) is 1. The molecule has 6 nitrogen and oxygen atoms in total. The second kappa shape index (κ2) is 5.30. The maximum atomic E-state index is 12.0. The number of benzene rings is 1. The maximum Gasteiger partial charge on any atom is 0.265 e. The van der Waals surface area contributed by atoms with Gasteiger partial charge in [0, 0.05) is 7.05 Å². The van der Waals surface area contributed by atoms with Crippen LogP contribution in [-0.4, -0.2) is 41.1 Å². The van der Waals surface area contributed by atoms with E-state index in [0.717, 1.165) is 0 Å². The van der Waals surface area contributed by atoms with Crippen LogP contribution in [0.15, 0.2) is 23.8 Å². The molecule has 7 heteroatoms. The Hall–Kier alpha value is -2.41. The Balaban J connectivity index is 2.41. The zero-order valence-corrected chi connectivity index (χ0v) is 11.7. The molecule has 1 aromatic rings. The first-order chi connectivity index (χ1) is 9.43. The summed E-state index contributed by atoms with van der Waals surface area (Å²) in [7, 11) is 2.89. The number of aromatic hydroxyl groups is 1. The molecule has 1 fully saturated rings. The van der Waals surface area contributed by atoms with Crippen LogP contribution in [-0.2, 0) is 9.59 Å². The lowest BCUT2D eigenvalue weighted by atomic mass is 10.1. The second-order valence-electron chi connectivity index (χ2n) is 4.11. The normalized spacial score (nSPS) is 17.4. The van der Waals surface area contributed by atoms with Gasteiger partial charge in [-0.15, -0.1) is 0 Å². The number of phenols is 1. The second-order valence-corrected chi connectivity index (χ2v) is 4.50. The number of phenolic OH excluding ortho intramolecular Hbond substituents is 1. The number of likely N-dealkylation sites (N-methyl/N-ethyl adjacent to an activating group) is 1. The topological polar surface area (TPSA) is 78.9 Å². The molecule has 2 amide bonds. The van der Waals surface area contributed by atoms with Gasteiger partial charge < -0.3 is 9.84 Å². The highest BCUT2D eigenvalue weighted by Gasteiger charge is 2.30. The first kappa shape index (κ1) is 14.0. The quantitative estimate of drug-likeness (QED) is 0.475. The minimum absolute atomic E-state index is 0.0210. The average molecular weight is 292 g/mol. The number of methoxy groups -OCH3 is 1. The summed E-state index contributed by atoms with van der Waals surface area (Å²) in [5.41, 5.74) is 0.521. The van der Waals surface area contributed by atoms with Crippen LogP contribution < -0.4 is 10.1 Å². The Morgan fingerprint density at radius 3 is 2.75 bits per heavy atom. The van der Waals surface area contributed by atoms with Crippen molar-refractivity contribution in [3.63, 3.8) is 0 Å². The van der Waals surface area contributed by atoms with Crippen molar-refractivity contribution in [2.45, 2.75) is 0 Å². The van der Waals surface area contributed by atoms with E-state index in [1.807, 2.05) is 0 Å². The average Bonchev–Trinajstić information content (AvgIpc) is 2.43. The van der Waals surface area contributed by atoms with Crippen LogP contribution in [0.1, 0.15) is 5.56 Å². The fraction of sp³-hybridized carbons (Fsp3) is 0.154. The summed E-state index contributed by atoms with van der Waals surface area (Å²) in [4.78, 5) is 25.0. The molecule has 0 atom stereocenters. The molecule has 2 rings (SSSR count). The predicted molar refractivity (Wildman–Crippen MR) is 76.1 cm³/mol. The molecule has 1 saturated heterocycles. The van der Waals surface area contributed by atoms with E-state index in [2.05, 4.69) is 5.32 Å². The van der Waals surface area contributed by atoms with Gasteiger partial charge in [0.05, 0.1) is 7.11 Å². The minimum atomic E-state index is -0.551. The van der Waals surface area contributed by atoms with E-state index in [4.69, 9.17) is 17.0 Å². The lowest BCUT2D eigenvalue weighted by Gasteiger charge is -2.25. The number of carbonyl (C=O) groups is 2. The molecule has 2 N–H and O–H groups in total. The summed E-state index contributed by atoms with van der Waals surface area (Å²) >= 11 is 4.85. The van der Waals surface area contributed by atoms with Gasteiger partial charge in [0.1, 0.15) is 5.57 Å². The van der Waals surface area contributed by atoms with Crippen LogP contribution in [0.3, 0.4) is 0 Å². The largest absolute Gasteiger partial charge is 0.504 e. The number of amides is 2. The molecular weight excluding hydrogens is 280 g/mol. The molecule has 1 heterocycles. The Bertz CT molecular complexity index is 639. The smallest absolute Gasteiger partial charge is 0.265 e. The van der Waals surface area contributed by atoms with Gasteiger partial charge in [-0.2, -0.15) is 0 Å². The van der Waals surface area contributed by atoms with Gasteiger partial charge in [0.25, 0.3) is 11.8 Å². The van der Waals surface area contributed by atoms with E-state index in [0.29, 0.717) is 5.56 Å². The highest BCUT2D eigenvalue weighted by molar-refractivity contribution is 7.80. The van der Waals surface area contributed by atoms with Crippen LogP contribution in [0.25, 0.3) is 6.08 Å². The summed E-state index contributed by atoms with van der Waals surface area (Å²) in [5.74, 6) is -0.796. The van der Waals surface area contributed by atoms with Crippen molar-refractivity contribution < 1.29 is 19.4 Å². The fourth-order valence-corrected chi connectivity index (χ4v) is 1.87. The molecule has 0 radical (unpaired) electrons. The predicted octanol–water partition coefficient (Wildman–Crippen LogP) is 0.657. The Morgan fingerprint density at radius 2 is 2.10 bits per heavy atom. The molecule has 1 aliphatic heterocycles. The Morgan fingerprint density at radius 1 is 1.40 bits per heavy atom. The summed E-state index contributed by atoms with van der Waals surface area (Å²) < 4.78 is 4.97. The van der Waals surface area contributed by atoms with E-state index in [9.17, 15) is 14.7 Å². The van der Waals surface area contributed by atoms with Gasteiger partial charge in [-0.1, -0.05) is 6.07 Å². The summed E-state index contributed by atoms with van der Waals surface area (Å²) in [6.07, 6.45) is 1.41. The number of ether oxygens (including phenoxy) is 1. The molecule has 0 aromatic heterocycles.